The molecule has 1 aliphatic heterocycles. The van der Waals surface area contributed by atoms with Gasteiger partial charge in [-0.3, -0.25) is 9.78 Å². The van der Waals surface area contributed by atoms with Gasteiger partial charge in [-0.1, -0.05) is 0 Å². The lowest BCUT2D eigenvalue weighted by atomic mass is 10.2. The summed E-state index contributed by atoms with van der Waals surface area (Å²) < 4.78 is 13.1. The number of alkyl halides is 1. The molecule has 4 nitrogen and oxygen atoms in total. The van der Waals surface area contributed by atoms with E-state index < -0.39 is 6.17 Å². The number of hydrogen-bond acceptors (Lipinski definition) is 2. The second-order valence-electron chi connectivity index (χ2n) is 4.24. The quantitative estimate of drug-likeness (QED) is 0.815. The third-order valence-corrected chi connectivity index (χ3v) is 3.08. The van der Waals surface area contributed by atoms with E-state index in [0.717, 1.165) is 5.52 Å². The largest absolute Gasteiger partial charge is 0.359 e. The molecule has 1 fully saturated rings. The SMILES string of the molecule is O=C(c1c[nH]c2cccnc12)N1CC[C@H](F)C1. The van der Waals surface area contributed by atoms with Gasteiger partial charge in [0.15, 0.2) is 0 Å². The Bertz CT molecular complexity index is 566. The minimum atomic E-state index is -0.892. The first-order valence-electron chi connectivity index (χ1n) is 5.61. The first kappa shape index (κ1) is 10.3. The fourth-order valence-electron chi connectivity index (χ4n) is 2.19. The van der Waals surface area contributed by atoms with Crippen molar-refractivity contribution in [1.29, 1.82) is 0 Å². The van der Waals surface area contributed by atoms with Crippen LogP contribution in [0.15, 0.2) is 24.5 Å². The molecule has 0 saturated carbocycles. The standard InChI is InChI=1S/C12H12FN3O/c13-8-3-5-16(7-8)12(17)9-6-15-10-2-1-4-14-11(9)10/h1-2,4,6,8,15H,3,5,7H2/t8-/m0/s1. The number of nitrogens with one attached hydrogen (secondary N) is 1. The second-order valence-corrected chi connectivity index (χ2v) is 4.24. The Morgan fingerprint density at radius 1 is 1.59 bits per heavy atom. The van der Waals surface area contributed by atoms with Crippen LogP contribution in [0.4, 0.5) is 4.39 Å². The number of hydrogen-bond donors (Lipinski definition) is 1. The normalized spacial score (nSPS) is 20.1. The van der Waals surface area contributed by atoms with Gasteiger partial charge in [0.2, 0.25) is 0 Å². The second kappa shape index (κ2) is 3.84. The molecule has 0 aliphatic carbocycles. The van der Waals surface area contributed by atoms with Gasteiger partial charge >= 0.3 is 0 Å². The van der Waals surface area contributed by atoms with E-state index in [4.69, 9.17) is 0 Å². The monoisotopic (exact) mass is 233 g/mol. The lowest BCUT2D eigenvalue weighted by molar-refractivity contribution is 0.0784. The molecule has 0 aromatic carbocycles. The van der Waals surface area contributed by atoms with Crippen LogP contribution in [0.5, 0.6) is 0 Å². The lowest BCUT2D eigenvalue weighted by Gasteiger charge is -2.13. The highest BCUT2D eigenvalue weighted by atomic mass is 19.1. The molecule has 1 amide bonds. The van der Waals surface area contributed by atoms with Crippen LogP contribution in [0.3, 0.4) is 0 Å². The fraction of sp³-hybridized carbons (Fsp3) is 0.333. The summed E-state index contributed by atoms with van der Waals surface area (Å²) in [5.74, 6) is -0.143. The molecular weight excluding hydrogens is 221 g/mol. The summed E-state index contributed by atoms with van der Waals surface area (Å²) in [6, 6.07) is 3.67. The molecule has 1 aliphatic rings. The van der Waals surface area contributed by atoms with E-state index >= 15 is 0 Å². The van der Waals surface area contributed by atoms with Gasteiger partial charge in [-0.25, -0.2) is 4.39 Å². The van der Waals surface area contributed by atoms with Crippen molar-refractivity contribution >= 4 is 16.9 Å². The van der Waals surface area contributed by atoms with E-state index in [1.807, 2.05) is 6.07 Å². The first-order valence-corrected chi connectivity index (χ1v) is 5.61. The molecule has 1 atom stereocenters. The fourth-order valence-corrected chi connectivity index (χ4v) is 2.19. The maximum atomic E-state index is 13.1. The summed E-state index contributed by atoms with van der Waals surface area (Å²) in [6.45, 7) is 0.678. The van der Waals surface area contributed by atoms with Crippen LogP contribution >= 0.6 is 0 Å². The maximum absolute atomic E-state index is 13.1. The third kappa shape index (κ3) is 1.67. The molecule has 3 heterocycles. The molecule has 1 N–H and O–H groups in total. The number of aromatic nitrogens is 2. The lowest BCUT2D eigenvalue weighted by Crippen LogP contribution is -2.28. The molecule has 0 unspecified atom stereocenters. The Kier molecular flexibility index (Phi) is 2.31. The molecule has 0 spiro atoms. The molecule has 1 saturated heterocycles. The van der Waals surface area contributed by atoms with E-state index in [2.05, 4.69) is 9.97 Å². The molecule has 88 valence electrons. The van der Waals surface area contributed by atoms with E-state index in [0.29, 0.717) is 24.0 Å². The van der Waals surface area contributed by atoms with Crippen LogP contribution in [0, 0.1) is 0 Å². The topological polar surface area (TPSA) is 49.0 Å². The Hall–Kier alpha value is -1.91. The van der Waals surface area contributed by atoms with Gasteiger partial charge in [0, 0.05) is 18.9 Å². The molecule has 3 rings (SSSR count). The highest BCUT2D eigenvalue weighted by molar-refractivity contribution is 6.05. The maximum Gasteiger partial charge on any atom is 0.257 e. The van der Waals surface area contributed by atoms with Crippen LogP contribution in [-0.4, -0.2) is 40.0 Å². The minimum Gasteiger partial charge on any atom is -0.359 e. The Morgan fingerprint density at radius 2 is 2.47 bits per heavy atom. The van der Waals surface area contributed by atoms with Crippen molar-refractivity contribution in [2.24, 2.45) is 0 Å². The zero-order valence-electron chi connectivity index (χ0n) is 9.19. The summed E-state index contributed by atoms with van der Waals surface area (Å²) in [5, 5.41) is 0. The summed E-state index contributed by atoms with van der Waals surface area (Å²) >= 11 is 0. The molecule has 2 aromatic heterocycles. The van der Waals surface area contributed by atoms with Crippen molar-refractivity contribution in [2.75, 3.05) is 13.1 Å². The van der Waals surface area contributed by atoms with Crippen molar-refractivity contribution in [2.45, 2.75) is 12.6 Å². The number of rotatable bonds is 1. The van der Waals surface area contributed by atoms with Crippen molar-refractivity contribution in [3.63, 3.8) is 0 Å². The Balaban J connectivity index is 1.96. The number of H-pyrrole nitrogens is 1. The van der Waals surface area contributed by atoms with Gasteiger partial charge in [-0.2, -0.15) is 0 Å². The summed E-state index contributed by atoms with van der Waals surface area (Å²) in [7, 11) is 0. The van der Waals surface area contributed by atoms with Crippen molar-refractivity contribution in [3.8, 4) is 0 Å². The highest BCUT2D eigenvalue weighted by Crippen LogP contribution is 2.20. The van der Waals surface area contributed by atoms with Crippen LogP contribution in [0.2, 0.25) is 0 Å². The zero-order chi connectivity index (χ0) is 11.8. The number of pyridine rings is 1. The van der Waals surface area contributed by atoms with Crippen LogP contribution in [0.25, 0.3) is 11.0 Å². The van der Waals surface area contributed by atoms with Crippen LogP contribution in [0.1, 0.15) is 16.8 Å². The van der Waals surface area contributed by atoms with Gasteiger partial charge in [0.05, 0.1) is 17.6 Å². The number of carbonyl (C=O) groups excluding carboxylic acids is 1. The summed E-state index contributed by atoms with van der Waals surface area (Å²) in [5.41, 5.74) is 2.00. The van der Waals surface area contributed by atoms with Crippen LogP contribution in [-0.2, 0) is 0 Å². The number of carbonyl (C=O) groups is 1. The number of amides is 1. The predicted octanol–water partition coefficient (Wildman–Crippen LogP) is 1.75. The predicted molar refractivity (Wildman–Crippen MR) is 61.5 cm³/mol. The molecule has 5 heteroatoms. The molecular formula is C12H12FN3O. The molecule has 2 aromatic rings. The molecule has 0 radical (unpaired) electrons. The van der Waals surface area contributed by atoms with E-state index in [-0.39, 0.29) is 12.5 Å². The number of aromatic amines is 1. The van der Waals surface area contributed by atoms with Crippen molar-refractivity contribution < 1.29 is 9.18 Å². The van der Waals surface area contributed by atoms with Crippen molar-refractivity contribution in [1.82, 2.24) is 14.9 Å². The van der Waals surface area contributed by atoms with Crippen LogP contribution < -0.4 is 0 Å². The average Bonchev–Trinajstić information content (AvgIpc) is 2.94. The number of nitrogens with zero attached hydrogens (tertiary/aromatic N) is 2. The van der Waals surface area contributed by atoms with Gasteiger partial charge in [-0.05, 0) is 18.6 Å². The minimum absolute atomic E-state index is 0.143. The summed E-state index contributed by atoms with van der Waals surface area (Å²) in [6.07, 6.45) is 2.83. The van der Waals surface area contributed by atoms with E-state index in [1.165, 1.54) is 0 Å². The van der Waals surface area contributed by atoms with Gasteiger partial charge in [-0.15, -0.1) is 0 Å². The van der Waals surface area contributed by atoms with E-state index in [1.54, 1.807) is 23.4 Å². The molecule has 0 bridgehead atoms. The van der Waals surface area contributed by atoms with Gasteiger partial charge in [0.1, 0.15) is 11.7 Å². The molecule has 17 heavy (non-hydrogen) atoms. The van der Waals surface area contributed by atoms with Gasteiger partial charge in [0.25, 0.3) is 5.91 Å². The smallest absolute Gasteiger partial charge is 0.257 e. The average molecular weight is 233 g/mol. The third-order valence-electron chi connectivity index (χ3n) is 3.08. The van der Waals surface area contributed by atoms with Gasteiger partial charge < -0.3 is 9.88 Å². The first-order chi connectivity index (χ1) is 8.25. The van der Waals surface area contributed by atoms with E-state index in [9.17, 15) is 9.18 Å². The Morgan fingerprint density at radius 3 is 3.24 bits per heavy atom. The number of halogens is 1. The highest BCUT2D eigenvalue weighted by Gasteiger charge is 2.28. The van der Waals surface area contributed by atoms with Crippen molar-refractivity contribution in [3.05, 3.63) is 30.1 Å². The number of likely N-dealkylation sites (tertiary alicyclic amines) is 1. The summed E-state index contributed by atoms with van der Waals surface area (Å²) in [4.78, 5) is 20.9. The Labute approximate surface area is 97.4 Å². The zero-order valence-corrected chi connectivity index (χ0v) is 9.19. The number of fused-ring (bicyclic) bond motifs is 1.